The summed E-state index contributed by atoms with van der Waals surface area (Å²) in [5.74, 6) is -1.71. The molecule has 1 nitrogen and oxygen atoms in total. The molecule has 0 saturated heterocycles. The van der Waals surface area contributed by atoms with E-state index in [1.165, 1.54) is 24.3 Å². The van der Waals surface area contributed by atoms with Crippen molar-refractivity contribution in [2.75, 3.05) is 0 Å². The predicted octanol–water partition coefficient (Wildman–Crippen LogP) is 2.82. The lowest BCUT2D eigenvalue weighted by Crippen LogP contribution is -1.82. The Labute approximate surface area is 73.2 Å². The summed E-state index contributed by atoms with van der Waals surface area (Å²) in [6, 6.07) is 6.51. The van der Waals surface area contributed by atoms with Crippen LogP contribution in [0.1, 0.15) is 0 Å². The van der Waals surface area contributed by atoms with Gasteiger partial charge < -0.3 is 5.11 Å². The Kier molecular flexibility index (Phi) is 1.65. The van der Waals surface area contributed by atoms with Crippen LogP contribution in [-0.2, 0) is 0 Å². The maximum atomic E-state index is 13.1. The zero-order chi connectivity index (χ0) is 9.42. The lowest BCUT2D eigenvalue weighted by atomic mass is 10.1. The molecule has 1 N–H and O–H groups in total. The first-order valence-corrected chi connectivity index (χ1v) is 3.76. The molecule has 0 unspecified atom stereocenters. The van der Waals surface area contributed by atoms with E-state index in [4.69, 9.17) is 0 Å². The highest BCUT2D eigenvalue weighted by Gasteiger charge is 2.07. The average Bonchev–Trinajstić information content (AvgIpc) is 2.12. The van der Waals surface area contributed by atoms with E-state index in [1.54, 1.807) is 0 Å². The quantitative estimate of drug-likeness (QED) is 0.660. The molecule has 66 valence electrons. The monoisotopic (exact) mass is 180 g/mol. The Hall–Kier alpha value is -1.64. The molecule has 0 heterocycles. The minimum Gasteiger partial charge on any atom is -0.504 e. The summed E-state index contributed by atoms with van der Waals surface area (Å²) in [6.07, 6.45) is 0. The predicted molar refractivity (Wildman–Crippen MR) is 45.5 cm³/mol. The maximum Gasteiger partial charge on any atom is 0.165 e. The molecule has 0 aromatic heterocycles. The maximum absolute atomic E-state index is 13.1. The number of aromatic hydroxyl groups is 1. The highest BCUT2D eigenvalue weighted by molar-refractivity contribution is 5.88. The number of benzene rings is 2. The van der Waals surface area contributed by atoms with Crippen LogP contribution in [0.2, 0.25) is 0 Å². The fourth-order valence-electron chi connectivity index (χ4n) is 1.28. The van der Waals surface area contributed by atoms with E-state index in [-0.39, 0.29) is 10.8 Å². The standard InChI is InChI=1S/C10H6F2O/c11-8-3-1-2-7-6(8)4-5-9(12)10(7)13/h1-5,13H. The minimum absolute atomic E-state index is 0.194. The molecule has 0 aliphatic rings. The van der Waals surface area contributed by atoms with Crippen LogP contribution >= 0.6 is 0 Å². The molecule has 0 fully saturated rings. The normalized spacial score (nSPS) is 10.6. The van der Waals surface area contributed by atoms with Crippen LogP contribution in [0.15, 0.2) is 30.3 Å². The molecule has 0 radical (unpaired) electrons. The lowest BCUT2D eigenvalue weighted by molar-refractivity contribution is 0.438. The molecule has 0 atom stereocenters. The summed E-state index contributed by atoms with van der Waals surface area (Å²) in [7, 11) is 0. The van der Waals surface area contributed by atoms with Gasteiger partial charge in [-0.1, -0.05) is 12.1 Å². The van der Waals surface area contributed by atoms with Crippen molar-refractivity contribution in [3.8, 4) is 5.75 Å². The van der Waals surface area contributed by atoms with E-state index < -0.39 is 17.4 Å². The summed E-state index contributed by atoms with van der Waals surface area (Å²) < 4.78 is 25.9. The molecular formula is C10H6F2O. The van der Waals surface area contributed by atoms with Gasteiger partial charge in [0.2, 0.25) is 0 Å². The van der Waals surface area contributed by atoms with Crippen LogP contribution in [0.4, 0.5) is 8.78 Å². The van der Waals surface area contributed by atoms with Gasteiger partial charge in [0.15, 0.2) is 11.6 Å². The van der Waals surface area contributed by atoms with Gasteiger partial charge in [0, 0.05) is 10.8 Å². The van der Waals surface area contributed by atoms with Crippen molar-refractivity contribution in [3.05, 3.63) is 42.0 Å². The van der Waals surface area contributed by atoms with E-state index >= 15 is 0 Å². The van der Waals surface area contributed by atoms with E-state index in [2.05, 4.69) is 0 Å². The summed E-state index contributed by atoms with van der Waals surface area (Å²) in [5, 5.41) is 9.66. The molecule has 0 aliphatic carbocycles. The molecule has 2 aromatic rings. The second kappa shape index (κ2) is 2.69. The third-order valence-electron chi connectivity index (χ3n) is 1.93. The third kappa shape index (κ3) is 1.13. The summed E-state index contributed by atoms with van der Waals surface area (Å²) >= 11 is 0. The average molecular weight is 180 g/mol. The van der Waals surface area contributed by atoms with Gasteiger partial charge in [0.05, 0.1) is 0 Å². The largest absolute Gasteiger partial charge is 0.504 e. The zero-order valence-electron chi connectivity index (χ0n) is 6.59. The topological polar surface area (TPSA) is 20.2 Å². The molecule has 13 heavy (non-hydrogen) atoms. The Morgan fingerprint density at radius 2 is 1.62 bits per heavy atom. The fraction of sp³-hybridized carbons (Fsp3) is 0. The van der Waals surface area contributed by atoms with Gasteiger partial charge in [-0.3, -0.25) is 0 Å². The second-order valence-corrected chi connectivity index (χ2v) is 2.73. The van der Waals surface area contributed by atoms with Gasteiger partial charge in [-0.2, -0.15) is 0 Å². The van der Waals surface area contributed by atoms with Gasteiger partial charge in [0.25, 0.3) is 0 Å². The van der Waals surface area contributed by atoms with Crippen molar-refractivity contribution >= 4 is 10.8 Å². The Bertz CT molecular complexity index is 466. The highest BCUT2D eigenvalue weighted by atomic mass is 19.1. The van der Waals surface area contributed by atoms with Gasteiger partial charge in [0.1, 0.15) is 5.82 Å². The Morgan fingerprint density at radius 3 is 2.38 bits per heavy atom. The summed E-state index contributed by atoms with van der Waals surface area (Å²) in [4.78, 5) is 0. The minimum atomic E-state index is -0.738. The molecule has 0 spiro atoms. The number of hydrogen-bond acceptors (Lipinski definition) is 1. The van der Waals surface area contributed by atoms with Crippen LogP contribution in [0.25, 0.3) is 10.8 Å². The van der Waals surface area contributed by atoms with Gasteiger partial charge in [-0.25, -0.2) is 8.78 Å². The lowest BCUT2D eigenvalue weighted by Gasteiger charge is -2.01. The summed E-state index contributed by atoms with van der Waals surface area (Å²) in [5.41, 5.74) is 0. The number of phenolic OH excluding ortho intramolecular Hbond substituents is 1. The van der Waals surface area contributed by atoms with Crippen LogP contribution in [0.5, 0.6) is 5.75 Å². The number of hydrogen-bond donors (Lipinski definition) is 1. The van der Waals surface area contributed by atoms with Crippen LogP contribution < -0.4 is 0 Å². The molecule has 0 aliphatic heterocycles. The van der Waals surface area contributed by atoms with Crippen molar-refractivity contribution in [1.82, 2.24) is 0 Å². The van der Waals surface area contributed by atoms with Crippen molar-refractivity contribution in [1.29, 1.82) is 0 Å². The van der Waals surface area contributed by atoms with Gasteiger partial charge in [-0.05, 0) is 18.2 Å². The van der Waals surface area contributed by atoms with Crippen molar-refractivity contribution in [2.24, 2.45) is 0 Å². The van der Waals surface area contributed by atoms with Crippen LogP contribution in [0.3, 0.4) is 0 Å². The number of rotatable bonds is 0. The van der Waals surface area contributed by atoms with E-state index in [1.807, 2.05) is 0 Å². The number of fused-ring (bicyclic) bond motifs is 1. The molecular weight excluding hydrogens is 174 g/mol. The van der Waals surface area contributed by atoms with Gasteiger partial charge >= 0.3 is 0 Å². The summed E-state index contributed by atoms with van der Waals surface area (Å²) in [6.45, 7) is 0. The van der Waals surface area contributed by atoms with E-state index in [9.17, 15) is 13.9 Å². The van der Waals surface area contributed by atoms with Crippen LogP contribution in [0, 0.1) is 11.6 Å². The third-order valence-corrected chi connectivity index (χ3v) is 1.93. The second-order valence-electron chi connectivity index (χ2n) is 2.73. The van der Waals surface area contributed by atoms with Crippen molar-refractivity contribution in [2.45, 2.75) is 0 Å². The molecule has 3 heteroatoms. The Morgan fingerprint density at radius 1 is 0.846 bits per heavy atom. The van der Waals surface area contributed by atoms with E-state index in [0.29, 0.717) is 0 Å². The Balaban J connectivity index is 2.94. The van der Waals surface area contributed by atoms with Crippen molar-refractivity contribution < 1.29 is 13.9 Å². The first-order valence-electron chi connectivity index (χ1n) is 3.76. The van der Waals surface area contributed by atoms with Crippen LogP contribution in [-0.4, -0.2) is 5.11 Å². The molecule has 0 bridgehead atoms. The zero-order valence-corrected chi connectivity index (χ0v) is 6.59. The highest BCUT2D eigenvalue weighted by Crippen LogP contribution is 2.28. The number of halogens is 2. The number of phenols is 1. The van der Waals surface area contributed by atoms with E-state index in [0.717, 1.165) is 6.07 Å². The first kappa shape index (κ1) is 7.98. The molecule has 2 rings (SSSR count). The fourth-order valence-corrected chi connectivity index (χ4v) is 1.28. The SMILES string of the molecule is Oc1c(F)ccc2c(F)cccc12. The smallest absolute Gasteiger partial charge is 0.165 e. The molecule has 0 amide bonds. The molecule has 2 aromatic carbocycles. The van der Waals surface area contributed by atoms with Crippen molar-refractivity contribution in [3.63, 3.8) is 0 Å². The molecule has 0 saturated carbocycles. The first-order chi connectivity index (χ1) is 6.20. The van der Waals surface area contributed by atoms with Gasteiger partial charge in [-0.15, -0.1) is 0 Å².